The molecule has 0 radical (unpaired) electrons. The summed E-state index contributed by atoms with van der Waals surface area (Å²) in [6, 6.07) is 0.803. The minimum absolute atomic E-state index is 0.124. The van der Waals surface area contributed by atoms with Crippen molar-refractivity contribution in [2.75, 3.05) is 31.5 Å². The summed E-state index contributed by atoms with van der Waals surface area (Å²) in [6.45, 7) is 2.84. The van der Waals surface area contributed by atoms with E-state index in [1.54, 1.807) is 17.0 Å². The lowest BCUT2D eigenvalue weighted by Gasteiger charge is -2.61. The summed E-state index contributed by atoms with van der Waals surface area (Å²) in [7, 11) is 0. The SMILES string of the molecule is O=C(c1cnn2c1N[C@H](c1ccco1)C[C@@H]2C(F)(F)F)N1CCN(C23CC4CC(CC(C4)C2)C3)CC1. The molecular weight excluding hydrogens is 471 g/mol. The maximum atomic E-state index is 13.9. The number of nitrogens with one attached hydrogen (secondary N) is 1. The van der Waals surface area contributed by atoms with Gasteiger partial charge in [-0.2, -0.15) is 18.3 Å². The highest BCUT2D eigenvalue weighted by Gasteiger charge is 2.54. The van der Waals surface area contributed by atoms with E-state index in [0.29, 0.717) is 24.4 Å². The lowest BCUT2D eigenvalue weighted by molar-refractivity contribution is -0.174. The number of aromatic nitrogens is 2. The lowest BCUT2D eigenvalue weighted by atomic mass is 9.52. The van der Waals surface area contributed by atoms with Gasteiger partial charge in [0.1, 0.15) is 17.1 Å². The number of carbonyl (C=O) groups is 1. The molecule has 1 saturated heterocycles. The van der Waals surface area contributed by atoms with Gasteiger partial charge >= 0.3 is 6.18 Å². The summed E-state index contributed by atoms with van der Waals surface area (Å²) in [6.07, 6.45) is 6.07. The second-order valence-electron chi connectivity index (χ2n) is 11.8. The Kier molecular flexibility index (Phi) is 5.04. The fraction of sp³-hybridized carbons (Fsp3) is 0.692. The van der Waals surface area contributed by atoms with Gasteiger partial charge in [-0.1, -0.05) is 0 Å². The van der Waals surface area contributed by atoms with E-state index < -0.39 is 18.3 Å². The van der Waals surface area contributed by atoms with Crippen LogP contribution in [-0.2, 0) is 0 Å². The normalized spacial score (nSPS) is 36.1. The quantitative estimate of drug-likeness (QED) is 0.648. The Morgan fingerprint density at radius 3 is 2.28 bits per heavy atom. The zero-order valence-corrected chi connectivity index (χ0v) is 20.2. The molecule has 6 aliphatic rings. The zero-order valence-electron chi connectivity index (χ0n) is 20.2. The van der Waals surface area contributed by atoms with Crippen LogP contribution in [0.1, 0.15) is 73.1 Å². The third kappa shape index (κ3) is 3.58. The van der Waals surface area contributed by atoms with Crippen LogP contribution in [0.3, 0.4) is 0 Å². The molecule has 7 nitrogen and oxygen atoms in total. The topological polar surface area (TPSA) is 66.5 Å². The van der Waals surface area contributed by atoms with E-state index in [4.69, 9.17) is 4.42 Å². The minimum atomic E-state index is -4.49. The number of piperazine rings is 1. The first kappa shape index (κ1) is 22.7. The van der Waals surface area contributed by atoms with Crippen LogP contribution in [0.25, 0.3) is 0 Å². The second kappa shape index (κ2) is 8.00. The van der Waals surface area contributed by atoms with Crippen molar-refractivity contribution in [3.63, 3.8) is 0 Å². The summed E-state index contributed by atoms with van der Waals surface area (Å²) >= 11 is 0. The van der Waals surface area contributed by atoms with E-state index in [-0.39, 0.29) is 23.7 Å². The van der Waals surface area contributed by atoms with Crippen LogP contribution in [0, 0.1) is 17.8 Å². The van der Waals surface area contributed by atoms with Gasteiger partial charge in [0.05, 0.1) is 18.5 Å². The van der Waals surface area contributed by atoms with Crippen LogP contribution in [0.5, 0.6) is 0 Å². The van der Waals surface area contributed by atoms with Gasteiger partial charge in [0, 0.05) is 38.1 Å². The van der Waals surface area contributed by atoms with Gasteiger partial charge in [-0.3, -0.25) is 9.69 Å². The molecule has 0 spiro atoms. The van der Waals surface area contributed by atoms with Crippen LogP contribution < -0.4 is 5.32 Å². The molecule has 194 valence electrons. The predicted molar refractivity (Wildman–Crippen MR) is 125 cm³/mol. The molecule has 5 fully saturated rings. The van der Waals surface area contributed by atoms with Crippen molar-refractivity contribution in [1.82, 2.24) is 19.6 Å². The Balaban J connectivity index is 1.09. The molecule has 2 aromatic heterocycles. The third-order valence-electron chi connectivity index (χ3n) is 9.60. The maximum Gasteiger partial charge on any atom is 0.410 e. The average Bonchev–Trinajstić information content (AvgIpc) is 3.52. The number of anilines is 1. The molecule has 1 N–H and O–H groups in total. The van der Waals surface area contributed by atoms with Crippen LogP contribution in [-0.4, -0.2) is 63.4 Å². The molecule has 2 atom stereocenters. The highest BCUT2D eigenvalue weighted by atomic mass is 19.4. The number of rotatable bonds is 3. The van der Waals surface area contributed by atoms with Gasteiger partial charge in [0.15, 0.2) is 6.04 Å². The molecular formula is C26H32F3N5O2. The van der Waals surface area contributed by atoms with Crippen LogP contribution in [0.2, 0.25) is 0 Å². The Hall–Kier alpha value is -2.49. The number of hydrogen-bond acceptors (Lipinski definition) is 5. The molecule has 36 heavy (non-hydrogen) atoms. The van der Waals surface area contributed by atoms with Gasteiger partial charge < -0.3 is 14.6 Å². The fourth-order valence-corrected chi connectivity index (χ4v) is 8.40. The molecule has 4 aliphatic carbocycles. The summed E-state index contributed by atoms with van der Waals surface area (Å²) in [5.74, 6) is 2.88. The number of halogens is 3. The van der Waals surface area contributed by atoms with Crippen molar-refractivity contribution >= 4 is 11.7 Å². The number of amides is 1. The summed E-state index contributed by atoms with van der Waals surface area (Å²) in [5, 5.41) is 7.14. The van der Waals surface area contributed by atoms with E-state index in [2.05, 4.69) is 15.3 Å². The lowest BCUT2D eigenvalue weighted by Crippen LogP contribution is -2.64. The van der Waals surface area contributed by atoms with E-state index >= 15 is 0 Å². The van der Waals surface area contributed by atoms with Gasteiger partial charge in [-0.05, 0) is 68.4 Å². The molecule has 4 bridgehead atoms. The van der Waals surface area contributed by atoms with Crippen molar-refractivity contribution in [2.45, 2.75) is 68.7 Å². The largest absolute Gasteiger partial charge is 0.467 e. The van der Waals surface area contributed by atoms with Crippen molar-refractivity contribution in [2.24, 2.45) is 17.8 Å². The number of alkyl halides is 3. The Bertz CT molecular complexity index is 1100. The van der Waals surface area contributed by atoms with Gasteiger partial charge in [-0.15, -0.1) is 0 Å². The summed E-state index contributed by atoms with van der Waals surface area (Å²) in [5.41, 5.74) is 0.502. The number of hydrogen-bond donors (Lipinski definition) is 1. The van der Waals surface area contributed by atoms with Crippen LogP contribution in [0.15, 0.2) is 29.0 Å². The van der Waals surface area contributed by atoms with Gasteiger partial charge in [0.2, 0.25) is 0 Å². The first-order valence-electron chi connectivity index (χ1n) is 13.3. The van der Waals surface area contributed by atoms with E-state index in [9.17, 15) is 18.0 Å². The standard InChI is InChI=1S/C26H32F3N5O2/c27-26(28,29)22-11-20(21-2-1-7-36-21)31-23-19(15-30-34(22)23)24(35)32-3-5-33(6-4-32)25-12-16-8-17(13-25)10-18(9-16)14-25/h1-2,7,15-18,20,22,31H,3-6,8-14H2/t16?,17?,18?,20-,22+,25?/m0/s1. The molecule has 2 aromatic rings. The predicted octanol–water partition coefficient (Wildman–Crippen LogP) is 4.86. The third-order valence-corrected chi connectivity index (χ3v) is 9.60. The molecule has 0 aromatic carbocycles. The Morgan fingerprint density at radius 2 is 1.69 bits per heavy atom. The fourth-order valence-electron chi connectivity index (χ4n) is 8.40. The zero-order chi connectivity index (χ0) is 24.7. The molecule has 10 heteroatoms. The highest BCUT2D eigenvalue weighted by molar-refractivity contribution is 5.99. The molecule has 8 rings (SSSR count). The molecule has 2 aliphatic heterocycles. The summed E-state index contributed by atoms with van der Waals surface area (Å²) < 4.78 is 48.1. The smallest absolute Gasteiger partial charge is 0.410 e. The van der Waals surface area contributed by atoms with E-state index in [1.807, 2.05) is 0 Å². The first-order valence-corrected chi connectivity index (χ1v) is 13.3. The van der Waals surface area contributed by atoms with Crippen molar-refractivity contribution in [1.29, 1.82) is 0 Å². The number of furan rings is 1. The number of carbonyl (C=O) groups excluding carboxylic acids is 1. The second-order valence-corrected chi connectivity index (χ2v) is 11.8. The van der Waals surface area contributed by atoms with E-state index in [0.717, 1.165) is 35.5 Å². The highest BCUT2D eigenvalue weighted by Crippen LogP contribution is 2.58. The molecule has 4 heterocycles. The maximum absolute atomic E-state index is 13.9. The van der Waals surface area contributed by atoms with E-state index in [1.165, 1.54) is 51.0 Å². The van der Waals surface area contributed by atoms with Crippen molar-refractivity contribution < 1.29 is 22.4 Å². The van der Waals surface area contributed by atoms with Crippen LogP contribution in [0.4, 0.5) is 19.0 Å². The molecule has 4 saturated carbocycles. The molecule has 0 unspecified atom stereocenters. The number of nitrogens with zero attached hydrogens (tertiary/aromatic N) is 4. The van der Waals surface area contributed by atoms with Crippen LogP contribution >= 0.6 is 0 Å². The Labute approximate surface area is 208 Å². The van der Waals surface area contributed by atoms with Gasteiger partial charge in [-0.25, -0.2) is 4.68 Å². The first-order chi connectivity index (χ1) is 17.3. The molecule has 1 amide bonds. The monoisotopic (exact) mass is 503 g/mol. The van der Waals surface area contributed by atoms with Gasteiger partial charge in [0.25, 0.3) is 5.91 Å². The van der Waals surface area contributed by atoms with Crippen molar-refractivity contribution in [3.8, 4) is 0 Å². The minimum Gasteiger partial charge on any atom is -0.467 e. The summed E-state index contributed by atoms with van der Waals surface area (Å²) in [4.78, 5) is 18.0. The Morgan fingerprint density at radius 1 is 1.03 bits per heavy atom. The van der Waals surface area contributed by atoms with Crippen molar-refractivity contribution in [3.05, 3.63) is 35.9 Å². The number of fused-ring (bicyclic) bond motifs is 1. The average molecular weight is 504 g/mol.